The second kappa shape index (κ2) is 9.09. The van der Waals surface area contributed by atoms with Crippen LogP contribution in [0.3, 0.4) is 0 Å². The van der Waals surface area contributed by atoms with E-state index in [1.165, 1.54) is 0 Å². The van der Waals surface area contributed by atoms with Gasteiger partial charge in [0.2, 0.25) is 6.10 Å². The van der Waals surface area contributed by atoms with E-state index in [0.717, 1.165) is 18.2 Å². The largest absolute Gasteiger partial charge is 0.573 e. The summed E-state index contributed by atoms with van der Waals surface area (Å²) in [5.74, 6) is -2.52. The zero-order valence-electron chi connectivity index (χ0n) is 14.8. The van der Waals surface area contributed by atoms with Crippen molar-refractivity contribution in [1.82, 2.24) is 0 Å². The fourth-order valence-corrected chi connectivity index (χ4v) is 2.38. The molecule has 8 nitrogen and oxygen atoms in total. The minimum atomic E-state index is -5.03. The fourth-order valence-electron chi connectivity index (χ4n) is 2.38. The van der Waals surface area contributed by atoms with Crippen molar-refractivity contribution in [3.8, 4) is 11.5 Å². The SMILES string of the molecule is O=C(OCCCCO[N+](=O)[O-])C1=Cc2cc(OC(F)(F)F)ccc2O[C@@H]1C(F)(F)F. The van der Waals surface area contributed by atoms with Gasteiger partial charge in [0.1, 0.15) is 11.5 Å². The molecule has 0 aromatic heterocycles. The molecule has 1 heterocycles. The summed E-state index contributed by atoms with van der Waals surface area (Å²) in [5, 5.41) is 8.95. The van der Waals surface area contributed by atoms with Gasteiger partial charge in [-0.2, -0.15) is 13.2 Å². The summed E-state index contributed by atoms with van der Waals surface area (Å²) in [6, 6.07) is 2.38. The number of alkyl halides is 6. The van der Waals surface area contributed by atoms with E-state index in [-0.39, 0.29) is 31.6 Å². The fraction of sp³-hybridized carbons (Fsp3) is 0.438. The highest BCUT2D eigenvalue weighted by Gasteiger charge is 2.49. The Bertz CT molecular complexity index is 821. The standard InChI is InChI=1S/C16H13F6NO7/c17-15(18,19)13-11(14(24)27-5-1-2-6-28-23(25)26)8-9-7-10(30-16(20,21)22)3-4-12(9)29-13/h3-4,7-8,13H,1-2,5-6H2/t13-/m0/s1. The lowest BCUT2D eigenvalue weighted by Gasteiger charge is -2.28. The molecule has 0 N–H and O–H groups in total. The highest BCUT2D eigenvalue weighted by molar-refractivity contribution is 5.96. The number of esters is 1. The van der Waals surface area contributed by atoms with Gasteiger partial charge in [0.25, 0.3) is 5.09 Å². The van der Waals surface area contributed by atoms with Crippen molar-refractivity contribution in [3.63, 3.8) is 0 Å². The predicted octanol–water partition coefficient (Wildman–Crippen LogP) is 3.82. The number of hydrogen-bond donors (Lipinski definition) is 0. The smallest absolute Gasteiger partial charge is 0.475 e. The van der Waals surface area contributed by atoms with Crippen LogP contribution in [0.15, 0.2) is 23.8 Å². The molecule has 0 radical (unpaired) electrons. The molecule has 1 atom stereocenters. The zero-order valence-corrected chi connectivity index (χ0v) is 14.8. The normalized spacial score (nSPS) is 16.1. The van der Waals surface area contributed by atoms with Gasteiger partial charge >= 0.3 is 18.5 Å². The van der Waals surface area contributed by atoms with Crippen molar-refractivity contribution in [2.75, 3.05) is 13.2 Å². The third-order valence-corrected chi connectivity index (χ3v) is 3.55. The Morgan fingerprint density at radius 3 is 2.40 bits per heavy atom. The van der Waals surface area contributed by atoms with Crippen molar-refractivity contribution in [1.29, 1.82) is 0 Å². The van der Waals surface area contributed by atoms with Crippen molar-refractivity contribution in [3.05, 3.63) is 39.4 Å². The Balaban J connectivity index is 2.14. The highest BCUT2D eigenvalue weighted by atomic mass is 19.4. The van der Waals surface area contributed by atoms with Gasteiger partial charge in [0.05, 0.1) is 18.8 Å². The van der Waals surface area contributed by atoms with E-state index in [1.54, 1.807) is 0 Å². The lowest BCUT2D eigenvalue weighted by molar-refractivity contribution is -0.757. The van der Waals surface area contributed by atoms with E-state index in [4.69, 9.17) is 9.47 Å². The third kappa shape index (κ3) is 6.70. The Hall–Kier alpha value is -3.19. The molecule has 0 bridgehead atoms. The average Bonchev–Trinajstić information content (AvgIpc) is 2.60. The van der Waals surface area contributed by atoms with E-state index in [9.17, 15) is 41.3 Å². The molecule has 0 amide bonds. The van der Waals surface area contributed by atoms with Gasteiger partial charge in [-0.15, -0.1) is 23.3 Å². The average molecular weight is 445 g/mol. The summed E-state index contributed by atoms with van der Waals surface area (Å²) < 4.78 is 90.0. The van der Waals surface area contributed by atoms with Crippen molar-refractivity contribution in [2.45, 2.75) is 31.5 Å². The number of carbonyl (C=O) groups excluding carboxylic acids is 1. The summed E-state index contributed by atoms with van der Waals surface area (Å²) in [6.45, 7) is -0.664. The van der Waals surface area contributed by atoms with Gasteiger partial charge in [-0.25, -0.2) is 4.79 Å². The van der Waals surface area contributed by atoms with Crippen LogP contribution in [0, 0.1) is 10.1 Å². The number of hydrogen-bond acceptors (Lipinski definition) is 7. The number of unbranched alkanes of at least 4 members (excludes halogenated alkanes) is 1. The van der Waals surface area contributed by atoms with Crippen molar-refractivity contribution < 1.29 is 55.3 Å². The first-order chi connectivity index (χ1) is 13.9. The van der Waals surface area contributed by atoms with Gasteiger partial charge in [0.15, 0.2) is 0 Å². The molecule has 0 aliphatic carbocycles. The number of fused-ring (bicyclic) bond motifs is 1. The molecule has 0 saturated carbocycles. The molecule has 0 unspecified atom stereocenters. The minimum absolute atomic E-state index is 0.0601. The zero-order chi connectivity index (χ0) is 22.5. The van der Waals surface area contributed by atoms with Crippen LogP contribution in [0.25, 0.3) is 6.08 Å². The molecule has 0 saturated heterocycles. The van der Waals surface area contributed by atoms with Crippen molar-refractivity contribution in [2.24, 2.45) is 0 Å². The molecule has 0 fully saturated rings. The highest BCUT2D eigenvalue weighted by Crippen LogP contribution is 2.39. The van der Waals surface area contributed by atoms with Gasteiger partial charge in [-0.05, 0) is 37.1 Å². The molecule has 30 heavy (non-hydrogen) atoms. The second-order valence-corrected chi connectivity index (χ2v) is 5.79. The maximum Gasteiger partial charge on any atom is 0.573 e. The van der Waals surface area contributed by atoms with Crippen LogP contribution in [0.5, 0.6) is 11.5 Å². The van der Waals surface area contributed by atoms with Crippen LogP contribution < -0.4 is 9.47 Å². The quantitative estimate of drug-likeness (QED) is 0.197. The molecule has 2 rings (SSSR count). The molecule has 166 valence electrons. The Labute approximate surface area is 164 Å². The molecule has 0 spiro atoms. The molecule has 1 aliphatic rings. The summed E-state index contributed by atoms with van der Waals surface area (Å²) in [7, 11) is 0. The lowest BCUT2D eigenvalue weighted by Crippen LogP contribution is -2.40. The number of rotatable bonds is 8. The number of halogens is 6. The first-order valence-corrected chi connectivity index (χ1v) is 8.16. The molecule has 1 aromatic carbocycles. The lowest BCUT2D eigenvalue weighted by atomic mass is 10.0. The van der Waals surface area contributed by atoms with E-state index in [0.29, 0.717) is 6.08 Å². The maximum absolute atomic E-state index is 13.3. The number of benzene rings is 1. The Morgan fingerprint density at radius 2 is 1.80 bits per heavy atom. The maximum atomic E-state index is 13.3. The van der Waals surface area contributed by atoms with Crippen LogP contribution in [0.2, 0.25) is 0 Å². The van der Waals surface area contributed by atoms with E-state index >= 15 is 0 Å². The van der Waals surface area contributed by atoms with Crippen LogP contribution in [0.1, 0.15) is 18.4 Å². The number of nitrogens with zero attached hydrogens (tertiary/aromatic N) is 1. The van der Waals surface area contributed by atoms with Gasteiger partial charge in [-0.3, -0.25) is 0 Å². The van der Waals surface area contributed by atoms with E-state index < -0.39 is 46.8 Å². The Kier molecular flexibility index (Phi) is 7.00. The second-order valence-electron chi connectivity index (χ2n) is 5.79. The summed E-state index contributed by atoms with van der Waals surface area (Å²) in [5.41, 5.74) is -1.22. The van der Waals surface area contributed by atoms with Crippen LogP contribution in [0.4, 0.5) is 26.3 Å². The topological polar surface area (TPSA) is 97.1 Å². The van der Waals surface area contributed by atoms with Crippen LogP contribution in [-0.4, -0.2) is 42.9 Å². The van der Waals surface area contributed by atoms with E-state index in [2.05, 4.69) is 9.57 Å². The first kappa shape index (κ1) is 23.1. The number of ether oxygens (including phenoxy) is 3. The first-order valence-electron chi connectivity index (χ1n) is 8.16. The summed E-state index contributed by atoms with van der Waals surface area (Å²) in [6.07, 6.45) is -11.9. The molecule has 1 aromatic rings. The monoisotopic (exact) mass is 445 g/mol. The molecule has 1 aliphatic heterocycles. The Morgan fingerprint density at radius 1 is 1.13 bits per heavy atom. The molecular weight excluding hydrogens is 432 g/mol. The minimum Gasteiger partial charge on any atom is -0.475 e. The van der Waals surface area contributed by atoms with Gasteiger partial charge < -0.3 is 19.0 Å². The van der Waals surface area contributed by atoms with Gasteiger partial charge in [0, 0.05) is 5.56 Å². The van der Waals surface area contributed by atoms with E-state index in [1.807, 2.05) is 0 Å². The molecular formula is C16H13F6NO7. The van der Waals surface area contributed by atoms with Crippen LogP contribution >= 0.6 is 0 Å². The summed E-state index contributed by atoms with van der Waals surface area (Å²) >= 11 is 0. The molecule has 14 heteroatoms. The van der Waals surface area contributed by atoms with Crippen molar-refractivity contribution >= 4 is 12.0 Å². The third-order valence-electron chi connectivity index (χ3n) is 3.55. The predicted molar refractivity (Wildman–Crippen MR) is 84.7 cm³/mol. The summed E-state index contributed by atoms with van der Waals surface area (Å²) in [4.78, 5) is 26.1. The van der Waals surface area contributed by atoms with Gasteiger partial charge in [-0.1, -0.05) is 0 Å². The number of carbonyl (C=O) groups is 1. The van der Waals surface area contributed by atoms with Crippen LogP contribution in [-0.2, 0) is 14.4 Å².